The highest BCUT2D eigenvalue weighted by Crippen LogP contribution is 2.14. The van der Waals surface area contributed by atoms with Gasteiger partial charge in [0.05, 0.1) is 6.61 Å². The molecule has 3 nitrogen and oxygen atoms in total. The maximum atomic E-state index is 12.0. The van der Waals surface area contributed by atoms with Crippen molar-refractivity contribution < 1.29 is 9.53 Å². The molecule has 4 heteroatoms. The minimum absolute atomic E-state index is 0.0346. The molecule has 0 aromatic heterocycles. The molecule has 0 heterocycles. The standard InChI is InChI=1S/C13H18ClNO2/c1-3-9-17-12-6-4-5-11(10-12)13(16)15(2)8-7-14/h4-6,10H,3,7-9H2,1-2H3. The number of ether oxygens (including phenoxy) is 1. The average Bonchev–Trinajstić information content (AvgIpc) is 2.36. The number of amides is 1. The number of halogens is 1. The van der Waals surface area contributed by atoms with Crippen LogP contribution in [0.15, 0.2) is 24.3 Å². The van der Waals surface area contributed by atoms with E-state index in [1.54, 1.807) is 24.1 Å². The molecule has 0 spiro atoms. The summed E-state index contributed by atoms with van der Waals surface area (Å²) in [4.78, 5) is 13.6. The second-order valence-electron chi connectivity index (χ2n) is 3.79. The van der Waals surface area contributed by atoms with Crippen molar-refractivity contribution in [1.29, 1.82) is 0 Å². The van der Waals surface area contributed by atoms with Crippen molar-refractivity contribution in [1.82, 2.24) is 4.90 Å². The van der Waals surface area contributed by atoms with E-state index in [0.717, 1.165) is 12.2 Å². The predicted octanol–water partition coefficient (Wildman–Crippen LogP) is 2.79. The van der Waals surface area contributed by atoms with Crippen molar-refractivity contribution in [3.05, 3.63) is 29.8 Å². The molecule has 94 valence electrons. The van der Waals surface area contributed by atoms with Crippen LogP contribution in [-0.4, -0.2) is 36.9 Å². The summed E-state index contributed by atoms with van der Waals surface area (Å²) in [6.45, 7) is 3.25. The fraction of sp³-hybridized carbons (Fsp3) is 0.462. The van der Waals surface area contributed by atoms with Gasteiger partial charge in [0.15, 0.2) is 0 Å². The van der Waals surface area contributed by atoms with E-state index in [2.05, 4.69) is 0 Å². The molecule has 0 saturated heterocycles. The Morgan fingerprint density at radius 3 is 2.88 bits per heavy atom. The first-order valence-corrected chi connectivity index (χ1v) is 6.26. The van der Waals surface area contributed by atoms with Crippen molar-refractivity contribution in [3.63, 3.8) is 0 Å². The van der Waals surface area contributed by atoms with Gasteiger partial charge in [-0.1, -0.05) is 13.0 Å². The van der Waals surface area contributed by atoms with Gasteiger partial charge in [-0.2, -0.15) is 0 Å². The molecule has 0 N–H and O–H groups in total. The van der Waals surface area contributed by atoms with Crippen LogP contribution in [0.3, 0.4) is 0 Å². The molecule has 1 rings (SSSR count). The summed E-state index contributed by atoms with van der Waals surface area (Å²) in [6.07, 6.45) is 0.949. The minimum Gasteiger partial charge on any atom is -0.494 e. The molecule has 17 heavy (non-hydrogen) atoms. The molecule has 0 bridgehead atoms. The average molecular weight is 256 g/mol. The third-order valence-electron chi connectivity index (χ3n) is 2.32. The van der Waals surface area contributed by atoms with E-state index in [0.29, 0.717) is 24.6 Å². The molecule has 0 aliphatic rings. The van der Waals surface area contributed by atoms with Gasteiger partial charge in [-0.15, -0.1) is 11.6 Å². The Morgan fingerprint density at radius 2 is 2.24 bits per heavy atom. The van der Waals surface area contributed by atoms with Crippen molar-refractivity contribution >= 4 is 17.5 Å². The van der Waals surface area contributed by atoms with Gasteiger partial charge in [0.2, 0.25) is 0 Å². The summed E-state index contributed by atoms with van der Waals surface area (Å²) in [5.41, 5.74) is 0.631. The molecule has 0 fully saturated rings. The van der Waals surface area contributed by atoms with Gasteiger partial charge < -0.3 is 9.64 Å². The number of rotatable bonds is 6. The van der Waals surface area contributed by atoms with Crippen molar-refractivity contribution in [2.45, 2.75) is 13.3 Å². The van der Waals surface area contributed by atoms with Gasteiger partial charge in [0.1, 0.15) is 5.75 Å². The lowest BCUT2D eigenvalue weighted by Gasteiger charge is -2.16. The molecule has 0 aliphatic carbocycles. The third kappa shape index (κ3) is 4.27. The van der Waals surface area contributed by atoms with Crippen LogP contribution in [0.25, 0.3) is 0 Å². The number of nitrogens with zero attached hydrogens (tertiary/aromatic N) is 1. The zero-order valence-corrected chi connectivity index (χ0v) is 11.0. The van der Waals surface area contributed by atoms with Gasteiger partial charge in [0.25, 0.3) is 5.91 Å². The zero-order chi connectivity index (χ0) is 12.7. The third-order valence-corrected chi connectivity index (χ3v) is 2.49. The van der Waals surface area contributed by atoms with Crippen LogP contribution in [0, 0.1) is 0 Å². The number of carbonyl (C=O) groups is 1. The Bertz CT molecular complexity index is 368. The number of alkyl halides is 1. The minimum atomic E-state index is -0.0346. The van der Waals surface area contributed by atoms with Crippen LogP contribution in [0.1, 0.15) is 23.7 Å². The topological polar surface area (TPSA) is 29.5 Å². The number of hydrogen-bond acceptors (Lipinski definition) is 2. The van der Waals surface area contributed by atoms with Crippen molar-refractivity contribution in [2.24, 2.45) is 0 Å². The van der Waals surface area contributed by atoms with Crippen LogP contribution in [0.5, 0.6) is 5.75 Å². The Kier molecular flexibility index (Phi) is 5.84. The first-order valence-electron chi connectivity index (χ1n) is 5.73. The summed E-state index contributed by atoms with van der Waals surface area (Å²) in [6, 6.07) is 7.23. The van der Waals surface area contributed by atoms with Gasteiger partial charge in [0, 0.05) is 25.0 Å². The van der Waals surface area contributed by atoms with Gasteiger partial charge >= 0.3 is 0 Å². The molecule has 0 saturated carbocycles. The monoisotopic (exact) mass is 255 g/mol. The van der Waals surface area contributed by atoms with Crippen LogP contribution in [0.2, 0.25) is 0 Å². The second kappa shape index (κ2) is 7.17. The summed E-state index contributed by atoms with van der Waals surface area (Å²) >= 11 is 5.61. The molecule has 0 atom stereocenters. The Labute approximate surface area is 107 Å². The van der Waals surface area contributed by atoms with Crippen LogP contribution in [0.4, 0.5) is 0 Å². The molecule has 1 aromatic carbocycles. The summed E-state index contributed by atoms with van der Waals surface area (Å²) < 4.78 is 5.49. The van der Waals surface area contributed by atoms with Gasteiger partial charge in [-0.3, -0.25) is 4.79 Å². The normalized spacial score (nSPS) is 10.1. The molecular formula is C13H18ClNO2. The molecular weight excluding hydrogens is 238 g/mol. The lowest BCUT2D eigenvalue weighted by Crippen LogP contribution is -2.28. The molecule has 0 unspecified atom stereocenters. The van der Waals surface area contributed by atoms with E-state index in [1.807, 2.05) is 19.1 Å². The lowest BCUT2D eigenvalue weighted by molar-refractivity contribution is 0.0803. The van der Waals surface area contributed by atoms with E-state index in [1.165, 1.54) is 0 Å². The quantitative estimate of drug-likeness (QED) is 0.732. The number of carbonyl (C=O) groups excluding carboxylic acids is 1. The molecule has 1 aromatic rings. The fourth-order valence-corrected chi connectivity index (χ4v) is 1.64. The largest absolute Gasteiger partial charge is 0.494 e. The zero-order valence-electron chi connectivity index (χ0n) is 10.3. The number of benzene rings is 1. The Morgan fingerprint density at radius 1 is 1.47 bits per heavy atom. The highest BCUT2D eigenvalue weighted by Gasteiger charge is 2.11. The van der Waals surface area contributed by atoms with E-state index in [4.69, 9.17) is 16.3 Å². The van der Waals surface area contributed by atoms with E-state index < -0.39 is 0 Å². The van der Waals surface area contributed by atoms with E-state index >= 15 is 0 Å². The SMILES string of the molecule is CCCOc1cccc(C(=O)N(C)CCCl)c1. The van der Waals surface area contributed by atoms with E-state index in [-0.39, 0.29) is 5.91 Å². The fourth-order valence-electron chi connectivity index (χ4n) is 1.39. The first-order chi connectivity index (χ1) is 8.19. The second-order valence-corrected chi connectivity index (χ2v) is 4.17. The number of hydrogen-bond donors (Lipinski definition) is 0. The maximum absolute atomic E-state index is 12.0. The summed E-state index contributed by atoms with van der Waals surface area (Å²) in [5, 5.41) is 0. The molecule has 1 amide bonds. The van der Waals surface area contributed by atoms with Crippen LogP contribution >= 0.6 is 11.6 Å². The predicted molar refractivity (Wildman–Crippen MR) is 69.9 cm³/mol. The maximum Gasteiger partial charge on any atom is 0.253 e. The van der Waals surface area contributed by atoms with Gasteiger partial charge in [-0.05, 0) is 24.6 Å². The van der Waals surface area contributed by atoms with Crippen LogP contribution < -0.4 is 4.74 Å². The Hall–Kier alpha value is -1.22. The first kappa shape index (κ1) is 13.8. The lowest BCUT2D eigenvalue weighted by atomic mass is 10.2. The Balaban J connectivity index is 2.73. The highest BCUT2D eigenvalue weighted by atomic mass is 35.5. The van der Waals surface area contributed by atoms with Gasteiger partial charge in [-0.25, -0.2) is 0 Å². The highest BCUT2D eigenvalue weighted by molar-refractivity contribution is 6.18. The van der Waals surface area contributed by atoms with Crippen molar-refractivity contribution in [2.75, 3.05) is 26.1 Å². The summed E-state index contributed by atoms with van der Waals surface area (Å²) in [5.74, 6) is 1.14. The smallest absolute Gasteiger partial charge is 0.253 e. The van der Waals surface area contributed by atoms with E-state index in [9.17, 15) is 4.79 Å². The summed E-state index contributed by atoms with van der Waals surface area (Å²) in [7, 11) is 1.74. The molecule has 0 radical (unpaired) electrons. The van der Waals surface area contributed by atoms with Crippen LogP contribution in [-0.2, 0) is 0 Å². The van der Waals surface area contributed by atoms with Crippen molar-refractivity contribution in [3.8, 4) is 5.75 Å². The molecule has 0 aliphatic heterocycles.